The second-order valence-electron chi connectivity index (χ2n) is 3.98. The summed E-state index contributed by atoms with van der Waals surface area (Å²) in [5.41, 5.74) is 2.48. The van der Waals surface area contributed by atoms with E-state index in [2.05, 4.69) is 42.2 Å². The summed E-state index contributed by atoms with van der Waals surface area (Å²) in [6, 6.07) is 18.5. The summed E-state index contributed by atoms with van der Waals surface area (Å²) in [7, 11) is 0. The molecular weight excluding hydrogens is 230 g/mol. The molecule has 2 aromatic rings. The molecule has 0 saturated carbocycles. The monoisotopic (exact) mass is 245 g/mol. The van der Waals surface area contributed by atoms with Gasteiger partial charge in [-0.25, -0.2) is 0 Å². The number of benzene rings is 2. The molecule has 0 radical (unpaired) electrons. The van der Waals surface area contributed by atoms with Crippen molar-refractivity contribution in [3.63, 3.8) is 0 Å². The van der Waals surface area contributed by atoms with E-state index in [-0.39, 0.29) is 0 Å². The first-order valence-corrected chi connectivity index (χ1v) is 6.22. The highest BCUT2D eigenvalue weighted by molar-refractivity contribution is 6.30. The maximum absolute atomic E-state index is 6.00. The van der Waals surface area contributed by atoms with E-state index in [0.717, 1.165) is 18.1 Å². The van der Waals surface area contributed by atoms with E-state index in [1.165, 1.54) is 11.3 Å². The van der Waals surface area contributed by atoms with E-state index in [1.54, 1.807) is 0 Å². The molecule has 17 heavy (non-hydrogen) atoms. The van der Waals surface area contributed by atoms with Crippen molar-refractivity contribution >= 4 is 17.3 Å². The van der Waals surface area contributed by atoms with E-state index in [0.29, 0.717) is 0 Å². The van der Waals surface area contributed by atoms with E-state index in [1.807, 2.05) is 24.3 Å². The number of hydrogen-bond donors (Lipinski definition) is 0. The highest BCUT2D eigenvalue weighted by atomic mass is 35.5. The van der Waals surface area contributed by atoms with Crippen molar-refractivity contribution in [2.75, 3.05) is 11.4 Å². The van der Waals surface area contributed by atoms with Crippen LogP contribution in [0.5, 0.6) is 0 Å². The van der Waals surface area contributed by atoms with Gasteiger partial charge in [0.1, 0.15) is 0 Å². The lowest BCUT2D eigenvalue weighted by Crippen LogP contribution is -2.21. The second-order valence-corrected chi connectivity index (χ2v) is 4.42. The second kappa shape index (κ2) is 5.74. The Balaban J connectivity index is 2.16. The highest BCUT2D eigenvalue weighted by Crippen LogP contribution is 2.18. The summed E-state index contributed by atoms with van der Waals surface area (Å²) < 4.78 is 0. The number of para-hydroxylation sites is 1. The number of halogens is 1. The molecule has 0 fully saturated rings. The van der Waals surface area contributed by atoms with Gasteiger partial charge in [-0.15, -0.1) is 0 Å². The van der Waals surface area contributed by atoms with Crippen LogP contribution in [0.25, 0.3) is 0 Å². The van der Waals surface area contributed by atoms with Crippen LogP contribution in [-0.4, -0.2) is 6.54 Å². The van der Waals surface area contributed by atoms with Gasteiger partial charge in [0.2, 0.25) is 0 Å². The predicted octanol–water partition coefficient (Wildman–Crippen LogP) is 4.37. The van der Waals surface area contributed by atoms with Crippen LogP contribution in [0.1, 0.15) is 12.5 Å². The molecule has 2 rings (SSSR count). The summed E-state index contributed by atoms with van der Waals surface area (Å²) in [5.74, 6) is 0. The molecule has 0 saturated heterocycles. The van der Waals surface area contributed by atoms with Gasteiger partial charge in [-0.2, -0.15) is 0 Å². The number of nitrogens with zero attached hydrogens (tertiary/aromatic N) is 1. The Morgan fingerprint density at radius 1 is 1.00 bits per heavy atom. The summed E-state index contributed by atoms with van der Waals surface area (Å²) in [4.78, 5) is 2.33. The zero-order valence-corrected chi connectivity index (χ0v) is 10.7. The molecular formula is C15H16ClN. The lowest BCUT2D eigenvalue weighted by Gasteiger charge is -2.23. The quantitative estimate of drug-likeness (QED) is 0.773. The van der Waals surface area contributed by atoms with Crippen molar-refractivity contribution in [2.24, 2.45) is 0 Å². The SMILES string of the molecule is CCN(Cc1cccc(Cl)c1)c1ccccc1. The van der Waals surface area contributed by atoms with Gasteiger partial charge < -0.3 is 4.90 Å². The van der Waals surface area contributed by atoms with Crippen LogP contribution in [0.4, 0.5) is 5.69 Å². The molecule has 1 nitrogen and oxygen atoms in total. The third-order valence-corrected chi connectivity index (χ3v) is 3.00. The molecule has 0 unspecified atom stereocenters. The molecule has 0 atom stereocenters. The minimum atomic E-state index is 0.798. The average Bonchev–Trinajstić information content (AvgIpc) is 2.37. The number of rotatable bonds is 4. The molecule has 0 spiro atoms. The molecule has 0 amide bonds. The van der Waals surface area contributed by atoms with Crippen molar-refractivity contribution in [1.82, 2.24) is 0 Å². The normalized spacial score (nSPS) is 10.2. The lowest BCUT2D eigenvalue weighted by atomic mass is 10.2. The van der Waals surface area contributed by atoms with Crippen LogP contribution in [0.15, 0.2) is 54.6 Å². The molecule has 0 aromatic heterocycles. The summed E-state index contributed by atoms with van der Waals surface area (Å²) in [5, 5.41) is 0.798. The summed E-state index contributed by atoms with van der Waals surface area (Å²) >= 11 is 6.00. The minimum Gasteiger partial charge on any atom is -0.367 e. The molecule has 0 bridgehead atoms. The smallest absolute Gasteiger partial charge is 0.0429 e. The molecule has 0 heterocycles. The zero-order valence-electron chi connectivity index (χ0n) is 9.94. The number of anilines is 1. The summed E-state index contributed by atoms with van der Waals surface area (Å²) in [6.07, 6.45) is 0. The Kier molecular flexibility index (Phi) is 4.05. The first-order valence-electron chi connectivity index (χ1n) is 5.84. The Bertz CT molecular complexity index is 467. The van der Waals surface area contributed by atoms with Crippen molar-refractivity contribution in [3.05, 3.63) is 65.2 Å². The van der Waals surface area contributed by atoms with Gasteiger partial charge >= 0.3 is 0 Å². The fourth-order valence-corrected chi connectivity index (χ4v) is 2.09. The van der Waals surface area contributed by atoms with Gasteiger partial charge in [0.15, 0.2) is 0 Å². The molecule has 0 aliphatic carbocycles. The fourth-order valence-electron chi connectivity index (χ4n) is 1.88. The molecule has 2 heteroatoms. The standard InChI is InChI=1S/C15H16ClN/c1-2-17(15-9-4-3-5-10-15)12-13-7-6-8-14(16)11-13/h3-11H,2,12H2,1H3. The van der Waals surface area contributed by atoms with Gasteiger partial charge in [0.25, 0.3) is 0 Å². The molecule has 0 aliphatic heterocycles. The Morgan fingerprint density at radius 3 is 2.41 bits per heavy atom. The average molecular weight is 246 g/mol. The van der Waals surface area contributed by atoms with Gasteiger partial charge in [-0.3, -0.25) is 0 Å². The van der Waals surface area contributed by atoms with Crippen molar-refractivity contribution < 1.29 is 0 Å². The van der Waals surface area contributed by atoms with Crippen LogP contribution >= 0.6 is 11.6 Å². The highest BCUT2D eigenvalue weighted by Gasteiger charge is 2.04. The molecule has 88 valence electrons. The van der Waals surface area contributed by atoms with Gasteiger partial charge in [-0.05, 0) is 36.8 Å². The van der Waals surface area contributed by atoms with E-state index in [4.69, 9.17) is 11.6 Å². The van der Waals surface area contributed by atoms with Crippen LogP contribution < -0.4 is 4.90 Å². The van der Waals surface area contributed by atoms with Crippen molar-refractivity contribution in [3.8, 4) is 0 Å². The van der Waals surface area contributed by atoms with Crippen LogP contribution in [0, 0.1) is 0 Å². The third-order valence-electron chi connectivity index (χ3n) is 2.77. The Morgan fingerprint density at radius 2 is 1.76 bits per heavy atom. The maximum Gasteiger partial charge on any atom is 0.0429 e. The van der Waals surface area contributed by atoms with Crippen molar-refractivity contribution in [2.45, 2.75) is 13.5 Å². The maximum atomic E-state index is 6.00. The van der Waals surface area contributed by atoms with Crippen molar-refractivity contribution in [1.29, 1.82) is 0 Å². The van der Waals surface area contributed by atoms with E-state index in [9.17, 15) is 0 Å². The Labute approximate surface area is 108 Å². The molecule has 0 aliphatic rings. The van der Waals surface area contributed by atoms with Crippen LogP contribution in [0.3, 0.4) is 0 Å². The topological polar surface area (TPSA) is 3.24 Å². The van der Waals surface area contributed by atoms with Gasteiger partial charge in [0, 0.05) is 23.8 Å². The fraction of sp³-hybridized carbons (Fsp3) is 0.200. The van der Waals surface area contributed by atoms with E-state index >= 15 is 0 Å². The molecule has 0 N–H and O–H groups in total. The first kappa shape index (κ1) is 12.0. The third kappa shape index (κ3) is 3.24. The zero-order chi connectivity index (χ0) is 12.1. The minimum absolute atomic E-state index is 0.798. The summed E-state index contributed by atoms with van der Waals surface area (Å²) in [6.45, 7) is 4.04. The van der Waals surface area contributed by atoms with E-state index < -0.39 is 0 Å². The lowest BCUT2D eigenvalue weighted by molar-refractivity contribution is 0.832. The van der Waals surface area contributed by atoms with Crippen LogP contribution in [0.2, 0.25) is 5.02 Å². The van der Waals surface area contributed by atoms with Gasteiger partial charge in [0.05, 0.1) is 0 Å². The molecule has 2 aromatic carbocycles. The largest absolute Gasteiger partial charge is 0.367 e. The predicted molar refractivity (Wildman–Crippen MR) is 74.6 cm³/mol. The Hall–Kier alpha value is -1.47. The first-order chi connectivity index (χ1) is 8.29. The van der Waals surface area contributed by atoms with Gasteiger partial charge in [-0.1, -0.05) is 41.9 Å². The van der Waals surface area contributed by atoms with Crippen LogP contribution in [-0.2, 0) is 6.54 Å². The number of hydrogen-bond acceptors (Lipinski definition) is 1.